The Balaban J connectivity index is 0.00000240. The molecule has 8 heteroatoms. The Morgan fingerprint density at radius 2 is 2.07 bits per heavy atom. The van der Waals surface area contributed by atoms with Gasteiger partial charge in [-0.2, -0.15) is 0 Å². The Bertz CT molecular complexity index is 1040. The first-order valence-electron chi connectivity index (χ1n) is 9.84. The molecule has 2 aliphatic heterocycles. The van der Waals surface area contributed by atoms with Gasteiger partial charge in [-0.15, -0.1) is 12.4 Å². The first-order valence-corrected chi connectivity index (χ1v) is 9.84. The summed E-state index contributed by atoms with van der Waals surface area (Å²) in [5, 5.41) is 9.49. The molecule has 2 aromatic rings. The zero-order chi connectivity index (χ0) is 20.3. The lowest BCUT2D eigenvalue weighted by molar-refractivity contribution is 0.0694. The molecule has 0 amide bonds. The highest BCUT2D eigenvalue weighted by molar-refractivity contribution is 5.96. The smallest absolute Gasteiger partial charge is 0.341 e. The van der Waals surface area contributed by atoms with E-state index in [-0.39, 0.29) is 35.4 Å². The molecule has 1 fully saturated rings. The van der Waals surface area contributed by atoms with Crippen molar-refractivity contribution in [2.45, 2.75) is 45.7 Å². The number of aromatic nitrogens is 1. The molecule has 0 spiro atoms. The van der Waals surface area contributed by atoms with E-state index in [1.54, 1.807) is 0 Å². The fraction of sp³-hybridized carbons (Fsp3) is 0.524. The van der Waals surface area contributed by atoms with Crippen LogP contribution < -0.4 is 16.1 Å². The third-order valence-corrected chi connectivity index (χ3v) is 6.40. The van der Waals surface area contributed by atoms with E-state index in [2.05, 4.69) is 18.7 Å². The van der Waals surface area contributed by atoms with Crippen molar-refractivity contribution in [3.8, 4) is 0 Å². The van der Waals surface area contributed by atoms with Gasteiger partial charge in [-0.25, -0.2) is 9.18 Å². The molecule has 6 nitrogen and oxygen atoms in total. The largest absolute Gasteiger partial charge is 0.477 e. The van der Waals surface area contributed by atoms with Gasteiger partial charge in [-0.1, -0.05) is 13.8 Å². The highest BCUT2D eigenvalue weighted by Crippen LogP contribution is 2.41. The van der Waals surface area contributed by atoms with Crippen molar-refractivity contribution in [1.82, 2.24) is 4.57 Å². The van der Waals surface area contributed by atoms with Gasteiger partial charge in [0.25, 0.3) is 0 Å². The Kier molecular flexibility index (Phi) is 5.66. The van der Waals surface area contributed by atoms with Crippen molar-refractivity contribution in [3.63, 3.8) is 0 Å². The first kappa shape index (κ1) is 21.6. The molecule has 3 heterocycles. The lowest BCUT2D eigenvalue weighted by Crippen LogP contribution is -2.37. The Hall–Kier alpha value is -2.12. The number of halogens is 2. The summed E-state index contributed by atoms with van der Waals surface area (Å²) < 4.78 is 17.0. The number of benzene rings is 1. The van der Waals surface area contributed by atoms with Gasteiger partial charge in [0.05, 0.1) is 11.2 Å². The van der Waals surface area contributed by atoms with Crippen LogP contribution in [0, 0.1) is 17.7 Å². The van der Waals surface area contributed by atoms with E-state index in [0.717, 1.165) is 18.5 Å². The normalized spacial score (nSPS) is 21.7. The van der Waals surface area contributed by atoms with Crippen LogP contribution in [0.15, 0.2) is 17.1 Å². The maximum Gasteiger partial charge on any atom is 0.341 e. The molecule has 1 aromatic carbocycles. The lowest BCUT2D eigenvalue weighted by Gasteiger charge is -2.25. The fourth-order valence-electron chi connectivity index (χ4n) is 4.84. The molecule has 1 aromatic heterocycles. The van der Waals surface area contributed by atoms with Gasteiger partial charge in [0.2, 0.25) is 5.43 Å². The summed E-state index contributed by atoms with van der Waals surface area (Å²) in [6, 6.07) is 1.25. The summed E-state index contributed by atoms with van der Waals surface area (Å²) in [6.07, 6.45) is 2.89. The number of hydrogen-bond acceptors (Lipinski definition) is 4. The van der Waals surface area contributed by atoms with Crippen molar-refractivity contribution in [2.24, 2.45) is 17.6 Å². The zero-order valence-corrected chi connectivity index (χ0v) is 17.6. The number of hydrogen-bond donors (Lipinski definition) is 2. The number of pyridine rings is 1. The molecular formula is C21H27ClFN3O3. The summed E-state index contributed by atoms with van der Waals surface area (Å²) >= 11 is 0. The van der Waals surface area contributed by atoms with Crippen LogP contribution in [0.4, 0.5) is 10.1 Å². The molecule has 3 unspecified atom stereocenters. The van der Waals surface area contributed by atoms with Crippen molar-refractivity contribution in [3.05, 3.63) is 39.4 Å². The predicted octanol–water partition coefficient (Wildman–Crippen LogP) is 3.19. The monoisotopic (exact) mass is 423 g/mol. The molecule has 0 aliphatic carbocycles. The molecule has 1 saturated heterocycles. The van der Waals surface area contributed by atoms with Gasteiger partial charge in [-0.3, -0.25) is 4.79 Å². The average Bonchev–Trinajstić information content (AvgIpc) is 3.22. The minimum atomic E-state index is -1.29. The van der Waals surface area contributed by atoms with Crippen molar-refractivity contribution >= 4 is 35.0 Å². The average molecular weight is 424 g/mol. The Morgan fingerprint density at radius 3 is 2.69 bits per heavy atom. The summed E-state index contributed by atoms with van der Waals surface area (Å²) in [5.74, 6) is -1.08. The molecule has 0 saturated carbocycles. The molecule has 0 bridgehead atoms. The van der Waals surface area contributed by atoms with E-state index < -0.39 is 17.2 Å². The number of anilines is 1. The highest BCUT2D eigenvalue weighted by Gasteiger charge is 2.35. The zero-order valence-electron chi connectivity index (χ0n) is 16.8. The molecular weight excluding hydrogens is 397 g/mol. The first-order chi connectivity index (χ1) is 13.2. The molecule has 29 heavy (non-hydrogen) atoms. The van der Waals surface area contributed by atoms with E-state index in [1.165, 1.54) is 12.3 Å². The van der Waals surface area contributed by atoms with Crippen LogP contribution in [0.25, 0.3) is 10.9 Å². The summed E-state index contributed by atoms with van der Waals surface area (Å²) in [6.45, 7) is 7.58. The Labute approximate surface area is 174 Å². The standard InChI is InChI=1S/C21H26FN3O3.ClH/c1-10(2)17(23)12-4-5-24(8-12)19-13-6-11(3)25-9-15(21(27)28)20(26)14(18(13)25)7-16(19)22;/h7,9-12,17H,4-6,8,23H2,1-3H3,(H,27,28);1H. The van der Waals surface area contributed by atoms with Gasteiger partial charge in [0.1, 0.15) is 11.4 Å². The second-order valence-corrected chi connectivity index (χ2v) is 8.54. The van der Waals surface area contributed by atoms with Crippen molar-refractivity contribution < 1.29 is 14.3 Å². The summed E-state index contributed by atoms with van der Waals surface area (Å²) in [5.41, 5.74) is 7.41. The van der Waals surface area contributed by atoms with Gasteiger partial charge in [0.15, 0.2) is 0 Å². The number of carbonyl (C=O) groups is 1. The maximum atomic E-state index is 15.2. The second kappa shape index (κ2) is 7.61. The molecule has 2 aliphatic rings. The summed E-state index contributed by atoms with van der Waals surface area (Å²) in [7, 11) is 0. The number of aromatic carboxylic acids is 1. The minimum absolute atomic E-state index is 0. The predicted molar refractivity (Wildman–Crippen MR) is 114 cm³/mol. The van der Waals surface area contributed by atoms with Crippen LogP contribution in [0.2, 0.25) is 0 Å². The quantitative estimate of drug-likeness (QED) is 0.788. The maximum absolute atomic E-state index is 15.2. The Morgan fingerprint density at radius 1 is 1.38 bits per heavy atom. The van der Waals surface area contributed by atoms with Crippen molar-refractivity contribution in [1.29, 1.82) is 0 Å². The van der Waals surface area contributed by atoms with Gasteiger partial charge in [0, 0.05) is 42.3 Å². The van der Waals surface area contributed by atoms with E-state index >= 15 is 4.39 Å². The van der Waals surface area contributed by atoms with E-state index in [9.17, 15) is 14.7 Å². The summed E-state index contributed by atoms with van der Waals surface area (Å²) in [4.78, 5) is 26.1. The van der Waals surface area contributed by atoms with Crippen LogP contribution in [-0.4, -0.2) is 34.8 Å². The topological polar surface area (TPSA) is 88.6 Å². The highest BCUT2D eigenvalue weighted by atomic mass is 35.5. The van der Waals surface area contributed by atoms with Gasteiger partial charge < -0.3 is 20.3 Å². The molecule has 0 radical (unpaired) electrons. The molecule has 3 N–H and O–H groups in total. The number of carboxylic acids is 1. The van der Waals surface area contributed by atoms with Crippen LogP contribution in [0.1, 0.15) is 49.2 Å². The van der Waals surface area contributed by atoms with Gasteiger partial charge >= 0.3 is 5.97 Å². The third-order valence-electron chi connectivity index (χ3n) is 6.40. The lowest BCUT2D eigenvalue weighted by atomic mass is 9.91. The number of rotatable bonds is 4. The third kappa shape index (κ3) is 3.30. The number of nitrogens with two attached hydrogens (primary N) is 1. The van der Waals surface area contributed by atoms with Crippen LogP contribution >= 0.6 is 12.4 Å². The van der Waals surface area contributed by atoms with Crippen LogP contribution in [-0.2, 0) is 6.42 Å². The minimum Gasteiger partial charge on any atom is -0.477 e. The van der Waals surface area contributed by atoms with Crippen molar-refractivity contribution in [2.75, 3.05) is 18.0 Å². The fourth-order valence-corrected chi connectivity index (χ4v) is 4.84. The van der Waals surface area contributed by atoms with E-state index in [1.807, 2.05) is 11.5 Å². The number of carboxylic acid groups (broad SMARTS) is 1. The molecule has 158 valence electrons. The van der Waals surface area contributed by atoms with E-state index in [0.29, 0.717) is 36.0 Å². The van der Waals surface area contributed by atoms with Crippen LogP contribution in [0.5, 0.6) is 0 Å². The van der Waals surface area contributed by atoms with Gasteiger partial charge in [-0.05, 0) is 37.7 Å². The van der Waals surface area contributed by atoms with E-state index in [4.69, 9.17) is 5.73 Å². The second-order valence-electron chi connectivity index (χ2n) is 8.54. The number of nitrogens with zero attached hydrogens (tertiary/aromatic N) is 2. The molecule has 4 rings (SSSR count). The SMILES string of the molecule is CC(C)C(N)C1CCN(c2c(F)cc3c(=O)c(C(=O)O)cn4c3c2CC4C)C1.Cl. The molecule has 3 atom stereocenters. The van der Waals surface area contributed by atoms with Crippen LogP contribution in [0.3, 0.4) is 0 Å².